The summed E-state index contributed by atoms with van der Waals surface area (Å²) in [6.07, 6.45) is 18.6. The molecule has 2 heteroatoms. The molecular weight excluding hydrogens is 380 g/mol. The van der Waals surface area contributed by atoms with Crippen LogP contribution in [-0.4, -0.2) is 13.1 Å². The number of benzene rings is 1. The molecule has 0 radical (unpaired) electrons. The second-order valence-electron chi connectivity index (χ2n) is 8.05. The number of methoxy groups -OCH3 is 1. The van der Waals surface area contributed by atoms with Gasteiger partial charge in [-0.15, -0.1) is 0 Å². The topological polar surface area (TPSA) is 26.3 Å². The van der Waals surface area contributed by atoms with Crippen LogP contribution in [0.5, 0.6) is 0 Å². The third kappa shape index (κ3) is 5.21. The van der Waals surface area contributed by atoms with Gasteiger partial charge < -0.3 is 4.74 Å². The van der Waals surface area contributed by atoms with Gasteiger partial charge in [-0.2, -0.15) is 0 Å². The zero-order valence-electron chi connectivity index (χ0n) is 19.0. The fourth-order valence-corrected chi connectivity index (χ4v) is 3.70. The average Bonchev–Trinajstić information content (AvgIpc) is 3.02. The van der Waals surface area contributed by atoms with Gasteiger partial charge in [-0.05, 0) is 64.8 Å². The number of carbonyl (C=O) groups is 1. The van der Waals surface area contributed by atoms with Gasteiger partial charge in [0.15, 0.2) is 0 Å². The Kier molecular flexibility index (Phi) is 7.25. The van der Waals surface area contributed by atoms with Crippen LogP contribution in [0.2, 0.25) is 0 Å². The normalized spacial score (nSPS) is 16.9. The van der Waals surface area contributed by atoms with Crippen LogP contribution in [-0.2, 0) is 9.53 Å². The molecule has 0 amide bonds. The zero-order valence-corrected chi connectivity index (χ0v) is 19.0. The summed E-state index contributed by atoms with van der Waals surface area (Å²) >= 11 is 0. The standard InChI is InChI=1S/C29H30O2/c1-20(2)25-16-15-21(3)28-26(29(30)31-5)18-17-24(22(4)27(28)19-25)14-10-9-13-23-11-7-6-8-12-23/h6-20H,1-5H3/b13-9-,14-10?. The Hall–Kier alpha value is -3.39. The Morgan fingerprint density at radius 1 is 0.968 bits per heavy atom. The molecule has 0 atom stereocenters. The predicted octanol–water partition coefficient (Wildman–Crippen LogP) is 7.08. The highest BCUT2D eigenvalue weighted by molar-refractivity contribution is 5.97. The number of rotatable bonds is 5. The van der Waals surface area contributed by atoms with Crippen molar-refractivity contribution in [1.82, 2.24) is 0 Å². The van der Waals surface area contributed by atoms with E-state index < -0.39 is 0 Å². The van der Waals surface area contributed by atoms with Crippen molar-refractivity contribution >= 4 is 12.0 Å². The summed E-state index contributed by atoms with van der Waals surface area (Å²) in [4.78, 5) is 12.6. The third-order valence-electron chi connectivity index (χ3n) is 5.58. The second kappa shape index (κ2) is 10.1. The molecule has 1 aromatic carbocycles. The largest absolute Gasteiger partial charge is 0.465 e. The molecule has 0 heterocycles. The van der Waals surface area contributed by atoms with Crippen LogP contribution in [0.4, 0.5) is 0 Å². The Bertz CT molecular complexity index is 1090. The monoisotopic (exact) mass is 410 g/mol. The highest BCUT2D eigenvalue weighted by Crippen LogP contribution is 2.37. The molecule has 2 nitrogen and oxygen atoms in total. The summed E-state index contributed by atoms with van der Waals surface area (Å²) in [5.74, 6) is 0.0641. The summed E-state index contributed by atoms with van der Waals surface area (Å²) in [5.41, 5.74) is 8.25. The molecule has 0 spiro atoms. The summed E-state index contributed by atoms with van der Waals surface area (Å²) in [7, 11) is 1.43. The SMILES string of the molecule is COC(=O)C1=CC=C(C=C/C=C\c2ccccc2)C(C)=C2C=C(C(C)C)C=CC(C)=C12. The molecular formula is C29H30O2. The molecule has 0 saturated heterocycles. The van der Waals surface area contributed by atoms with Crippen LogP contribution < -0.4 is 0 Å². The number of fused-ring (bicyclic) bond motifs is 1. The van der Waals surface area contributed by atoms with Crippen molar-refractivity contribution in [3.63, 3.8) is 0 Å². The summed E-state index contributed by atoms with van der Waals surface area (Å²) in [5, 5.41) is 0. The minimum atomic E-state index is -0.320. The Morgan fingerprint density at radius 2 is 1.68 bits per heavy atom. The van der Waals surface area contributed by atoms with E-state index >= 15 is 0 Å². The van der Waals surface area contributed by atoms with E-state index in [-0.39, 0.29) is 5.97 Å². The highest BCUT2D eigenvalue weighted by Gasteiger charge is 2.25. The van der Waals surface area contributed by atoms with E-state index in [2.05, 4.69) is 70.2 Å². The second-order valence-corrected chi connectivity index (χ2v) is 8.05. The first-order valence-corrected chi connectivity index (χ1v) is 10.6. The highest BCUT2D eigenvalue weighted by atomic mass is 16.5. The number of hydrogen-bond donors (Lipinski definition) is 0. The van der Waals surface area contributed by atoms with Crippen molar-refractivity contribution in [2.24, 2.45) is 5.92 Å². The molecule has 1 aromatic rings. The molecule has 0 aromatic heterocycles. The third-order valence-corrected chi connectivity index (χ3v) is 5.58. The van der Waals surface area contributed by atoms with Crippen molar-refractivity contribution in [2.45, 2.75) is 27.7 Å². The van der Waals surface area contributed by atoms with Crippen LogP contribution >= 0.6 is 0 Å². The first-order chi connectivity index (χ1) is 14.9. The molecule has 0 bridgehead atoms. The predicted molar refractivity (Wildman–Crippen MR) is 130 cm³/mol. The number of hydrogen-bond acceptors (Lipinski definition) is 2. The number of ether oxygens (including phenoxy) is 1. The lowest BCUT2D eigenvalue weighted by atomic mass is 9.89. The number of esters is 1. The first-order valence-electron chi connectivity index (χ1n) is 10.6. The van der Waals surface area contributed by atoms with Gasteiger partial charge in [-0.3, -0.25) is 0 Å². The van der Waals surface area contributed by atoms with E-state index in [0.29, 0.717) is 11.5 Å². The Labute approximate surface area is 186 Å². The summed E-state index contributed by atoms with van der Waals surface area (Å²) in [6, 6.07) is 10.2. The van der Waals surface area contributed by atoms with Gasteiger partial charge in [-0.1, -0.05) is 92.8 Å². The lowest BCUT2D eigenvalue weighted by Gasteiger charge is -2.16. The minimum absolute atomic E-state index is 0.320. The molecule has 31 heavy (non-hydrogen) atoms. The van der Waals surface area contributed by atoms with Crippen molar-refractivity contribution in [3.05, 3.63) is 124 Å². The molecule has 0 saturated carbocycles. The molecule has 2 aliphatic carbocycles. The lowest BCUT2D eigenvalue weighted by molar-refractivity contribution is -0.135. The quantitative estimate of drug-likeness (QED) is 0.383. The molecule has 0 unspecified atom stereocenters. The van der Waals surface area contributed by atoms with Crippen molar-refractivity contribution in [3.8, 4) is 0 Å². The fourth-order valence-electron chi connectivity index (χ4n) is 3.70. The van der Waals surface area contributed by atoms with Gasteiger partial charge in [0.1, 0.15) is 0 Å². The summed E-state index contributed by atoms with van der Waals surface area (Å²) in [6.45, 7) is 8.54. The van der Waals surface area contributed by atoms with E-state index in [1.807, 2.05) is 42.5 Å². The maximum absolute atomic E-state index is 12.6. The maximum Gasteiger partial charge on any atom is 0.338 e. The van der Waals surface area contributed by atoms with Crippen LogP contribution in [0.25, 0.3) is 6.08 Å². The molecule has 0 aliphatic heterocycles. The van der Waals surface area contributed by atoms with E-state index in [1.165, 1.54) is 12.7 Å². The van der Waals surface area contributed by atoms with E-state index in [1.54, 1.807) is 0 Å². The van der Waals surface area contributed by atoms with Crippen molar-refractivity contribution < 1.29 is 9.53 Å². The van der Waals surface area contributed by atoms with Gasteiger partial charge in [0.25, 0.3) is 0 Å². The van der Waals surface area contributed by atoms with Gasteiger partial charge in [0.2, 0.25) is 0 Å². The minimum Gasteiger partial charge on any atom is -0.465 e. The average molecular weight is 411 g/mol. The van der Waals surface area contributed by atoms with E-state index in [4.69, 9.17) is 4.74 Å². The summed E-state index contributed by atoms with van der Waals surface area (Å²) < 4.78 is 5.11. The van der Waals surface area contributed by atoms with Crippen molar-refractivity contribution in [2.75, 3.05) is 7.11 Å². The maximum atomic E-state index is 12.6. The Morgan fingerprint density at radius 3 is 2.35 bits per heavy atom. The van der Waals surface area contributed by atoms with Crippen LogP contribution in [0.3, 0.4) is 0 Å². The van der Waals surface area contributed by atoms with Gasteiger partial charge in [0.05, 0.1) is 12.7 Å². The van der Waals surface area contributed by atoms with Crippen molar-refractivity contribution in [1.29, 1.82) is 0 Å². The molecule has 2 aliphatic rings. The van der Waals surface area contributed by atoms with Crippen LogP contribution in [0.1, 0.15) is 33.3 Å². The van der Waals surface area contributed by atoms with Crippen LogP contribution in [0, 0.1) is 5.92 Å². The lowest BCUT2D eigenvalue weighted by Crippen LogP contribution is -2.09. The number of allylic oxidation sites excluding steroid dienone is 13. The molecule has 3 rings (SSSR count). The Balaban J connectivity index is 2.08. The molecule has 158 valence electrons. The van der Waals surface area contributed by atoms with Gasteiger partial charge in [-0.25, -0.2) is 4.79 Å². The number of carbonyl (C=O) groups excluding carboxylic acids is 1. The van der Waals surface area contributed by atoms with Gasteiger partial charge in [0, 0.05) is 0 Å². The van der Waals surface area contributed by atoms with E-state index in [9.17, 15) is 4.79 Å². The molecule has 0 fully saturated rings. The molecule has 0 N–H and O–H groups in total. The van der Waals surface area contributed by atoms with Crippen LogP contribution in [0.15, 0.2) is 118 Å². The smallest absolute Gasteiger partial charge is 0.338 e. The zero-order chi connectivity index (χ0) is 22.4. The van der Waals surface area contributed by atoms with Gasteiger partial charge >= 0.3 is 5.97 Å². The fraction of sp³-hybridized carbons (Fsp3) is 0.207. The first kappa shape index (κ1) is 22.3. The van der Waals surface area contributed by atoms with E-state index in [0.717, 1.165) is 33.4 Å².